The summed E-state index contributed by atoms with van der Waals surface area (Å²) in [5.74, 6) is -0.228. The zero-order valence-electron chi connectivity index (χ0n) is 14.1. The quantitative estimate of drug-likeness (QED) is 0.515. The van der Waals surface area contributed by atoms with Gasteiger partial charge in [0, 0.05) is 45.5 Å². The fraction of sp³-hybridized carbons (Fsp3) is 0.0952. The Morgan fingerprint density at radius 2 is 2.00 bits per heavy atom. The Balaban J connectivity index is 1.81. The van der Waals surface area contributed by atoms with E-state index >= 15 is 0 Å². The molecule has 2 aromatic carbocycles. The van der Waals surface area contributed by atoms with Crippen LogP contribution < -0.4 is 0 Å². The van der Waals surface area contributed by atoms with Crippen LogP contribution in [-0.2, 0) is 6.54 Å². The van der Waals surface area contributed by atoms with Gasteiger partial charge < -0.3 is 9.67 Å². The second kappa shape index (κ2) is 6.46. The molecule has 1 N–H and O–H groups in total. The Bertz CT molecular complexity index is 1110. The van der Waals surface area contributed by atoms with Crippen LogP contribution in [0.15, 0.2) is 61.1 Å². The van der Waals surface area contributed by atoms with Crippen molar-refractivity contribution in [3.63, 3.8) is 0 Å². The third-order valence-corrected chi connectivity index (χ3v) is 4.74. The van der Waals surface area contributed by atoms with E-state index in [0.29, 0.717) is 10.6 Å². The van der Waals surface area contributed by atoms with E-state index in [-0.39, 0.29) is 18.2 Å². The number of aromatic hydroxyl groups is 1. The summed E-state index contributed by atoms with van der Waals surface area (Å²) in [6.45, 7) is 2.15. The van der Waals surface area contributed by atoms with Crippen molar-refractivity contribution >= 4 is 22.4 Å². The molecule has 0 aliphatic rings. The molecule has 2 aromatic heterocycles. The van der Waals surface area contributed by atoms with Crippen molar-refractivity contribution in [1.29, 1.82) is 0 Å². The molecule has 0 atom stereocenters. The summed E-state index contributed by atoms with van der Waals surface area (Å²) in [5, 5.41) is 12.8. The van der Waals surface area contributed by atoms with Gasteiger partial charge in [-0.05, 0) is 48.4 Å². The van der Waals surface area contributed by atoms with E-state index in [1.54, 1.807) is 23.0 Å². The minimum atomic E-state index is -0.348. The van der Waals surface area contributed by atoms with Gasteiger partial charge in [-0.2, -0.15) is 0 Å². The minimum absolute atomic E-state index is 0.120. The summed E-state index contributed by atoms with van der Waals surface area (Å²) in [6, 6.07) is 12.3. The highest BCUT2D eigenvalue weighted by atomic mass is 35.5. The van der Waals surface area contributed by atoms with Gasteiger partial charge >= 0.3 is 0 Å². The second-order valence-electron chi connectivity index (χ2n) is 6.32. The number of aromatic nitrogens is 2. The normalized spacial score (nSPS) is 11.2. The molecule has 0 bridgehead atoms. The predicted molar refractivity (Wildman–Crippen MR) is 102 cm³/mol. The highest BCUT2D eigenvalue weighted by Gasteiger charge is 2.14. The van der Waals surface area contributed by atoms with Gasteiger partial charge in [0.25, 0.3) is 0 Å². The maximum atomic E-state index is 14.0. The van der Waals surface area contributed by atoms with Crippen molar-refractivity contribution in [2.45, 2.75) is 13.5 Å². The molecule has 4 rings (SSSR count). The van der Waals surface area contributed by atoms with E-state index in [0.717, 1.165) is 27.5 Å². The van der Waals surface area contributed by atoms with Gasteiger partial charge in [0.05, 0.1) is 6.54 Å². The molecular weight excluding hydrogens is 351 g/mol. The molecule has 0 amide bonds. The Morgan fingerprint density at radius 3 is 2.77 bits per heavy atom. The van der Waals surface area contributed by atoms with Crippen molar-refractivity contribution in [2.24, 2.45) is 0 Å². The summed E-state index contributed by atoms with van der Waals surface area (Å²) in [4.78, 5) is 4.16. The lowest BCUT2D eigenvalue weighted by atomic mass is 10.0. The lowest BCUT2D eigenvalue weighted by Gasteiger charge is -2.07. The molecule has 0 fully saturated rings. The van der Waals surface area contributed by atoms with Gasteiger partial charge in [0.2, 0.25) is 0 Å². The highest BCUT2D eigenvalue weighted by Crippen LogP contribution is 2.35. The SMILES string of the molecule is Cc1cc(-c2cccnc2)cc2cn(Cc3cc(Cl)ccc3F)c(O)c12. The Morgan fingerprint density at radius 1 is 1.15 bits per heavy atom. The standard InChI is InChI=1S/C21H16ClFN2O/c1-13-7-15(14-3-2-6-24-10-14)8-17-12-25(21(26)20(13)17)11-16-9-18(22)4-5-19(16)23/h2-10,12,26H,11H2,1H3. The van der Waals surface area contributed by atoms with E-state index in [2.05, 4.69) is 4.98 Å². The number of hydrogen-bond donors (Lipinski definition) is 1. The summed E-state index contributed by atoms with van der Waals surface area (Å²) >= 11 is 5.97. The van der Waals surface area contributed by atoms with E-state index in [4.69, 9.17) is 11.6 Å². The van der Waals surface area contributed by atoms with Crippen molar-refractivity contribution < 1.29 is 9.50 Å². The number of pyridine rings is 1. The molecule has 130 valence electrons. The molecule has 0 unspecified atom stereocenters. The first-order valence-electron chi connectivity index (χ1n) is 8.19. The zero-order chi connectivity index (χ0) is 18.3. The molecule has 4 aromatic rings. The fourth-order valence-corrected chi connectivity index (χ4v) is 3.46. The van der Waals surface area contributed by atoms with Gasteiger partial charge in [-0.15, -0.1) is 0 Å². The molecule has 26 heavy (non-hydrogen) atoms. The Kier molecular flexibility index (Phi) is 4.13. The number of rotatable bonds is 3. The predicted octanol–water partition coefficient (Wildman–Crippen LogP) is 5.56. The molecule has 0 saturated carbocycles. The average molecular weight is 367 g/mol. The summed E-state index contributed by atoms with van der Waals surface area (Å²) in [7, 11) is 0. The van der Waals surface area contributed by atoms with Crippen molar-refractivity contribution in [2.75, 3.05) is 0 Å². The van der Waals surface area contributed by atoms with Crippen LogP contribution in [0.4, 0.5) is 4.39 Å². The molecule has 2 heterocycles. The van der Waals surface area contributed by atoms with Crippen LogP contribution in [0.3, 0.4) is 0 Å². The summed E-state index contributed by atoms with van der Waals surface area (Å²) in [6.07, 6.45) is 5.37. The topological polar surface area (TPSA) is 38.0 Å². The van der Waals surface area contributed by atoms with Crippen LogP contribution in [0.5, 0.6) is 5.88 Å². The largest absolute Gasteiger partial charge is 0.494 e. The smallest absolute Gasteiger partial charge is 0.199 e. The first kappa shape index (κ1) is 16.6. The van der Waals surface area contributed by atoms with Crippen molar-refractivity contribution in [3.8, 4) is 17.0 Å². The Hall–Kier alpha value is -2.85. The van der Waals surface area contributed by atoms with Crippen molar-refractivity contribution in [1.82, 2.24) is 9.55 Å². The van der Waals surface area contributed by atoms with Crippen LogP contribution in [0.2, 0.25) is 5.02 Å². The molecule has 0 aliphatic heterocycles. The first-order valence-corrected chi connectivity index (χ1v) is 8.57. The maximum absolute atomic E-state index is 14.0. The highest BCUT2D eigenvalue weighted by molar-refractivity contribution is 6.30. The van der Waals surface area contributed by atoms with Gasteiger partial charge in [-0.3, -0.25) is 4.98 Å². The Labute approximate surface area is 155 Å². The van der Waals surface area contributed by atoms with Crippen LogP contribution in [-0.4, -0.2) is 14.7 Å². The second-order valence-corrected chi connectivity index (χ2v) is 6.75. The van der Waals surface area contributed by atoms with E-state index < -0.39 is 0 Å². The number of benzene rings is 2. The molecule has 3 nitrogen and oxygen atoms in total. The van der Waals surface area contributed by atoms with E-state index in [1.165, 1.54) is 12.1 Å². The number of hydrogen-bond acceptors (Lipinski definition) is 2. The van der Waals surface area contributed by atoms with Crippen LogP contribution >= 0.6 is 11.6 Å². The average Bonchev–Trinajstić information content (AvgIpc) is 2.95. The third kappa shape index (κ3) is 2.93. The first-order chi connectivity index (χ1) is 12.5. The molecule has 0 aliphatic carbocycles. The number of aryl methyl sites for hydroxylation is 1. The van der Waals surface area contributed by atoms with Crippen molar-refractivity contribution in [3.05, 3.63) is 83.0 Å². The molecular formula is C21H16ClFN2O. The number of fused-ring (bicyclic) bond motifs is 1. The lowest BCUT2D eigenvalue weighted by Crippen LogP contribution is -2.00. The van der Waals surface area contributed by atoms with Gasteiger partial charge in [0.15, 0.2) is 5.88 Å². The molecule has 0 spiro atoms. The van der Waals surface area contributed by atoms with E-state index in [1.807, 2.05) is 37.4 Å². The van der Waals surface area contributed by atoms with Crippen LogP contribution in [0.1, 0.15) is 11.1 Å². The summed E-state index contributed by atoms with van der Waals surface area (Å²) < 4.78 is 15.7. The van der Waals surface area contributed by atoms with Gasteiger partial charge in [0.1, 0.15) is 5.82 Å². The molecule has 0 radical (unpaired) electrons. The maximum Gasteiger partial charge on any atom is 0.199 e. The molecule has 0 saturated heterocycles. The zero-order valence-corrected chi connectivity index (χ0v) is 14.8. The van der Waals surface area contributed by atoms with Crippen LogP contribution in [0, 0.1) is 12.7 Å². The van der Waals surface area contributed by atoms with Crippen LogP contribution in [0.25, 0.3) is 21.9 Å². The third-order valence-electron chi connectivity index (χ3n) is 4.50. The van der Waals surface area contributed by atoms with E-state index in [9.17, 15) is 9.50 Å². The molecule has 5 heteroatoms. The monoisotopic (exact) mass is 366 g/mol. The minimum Gasteiger partial charge on any atom is -0.494 e. The summed E-state index contributed by atoms with van der Waals surface area (Å²) in [5.41, 5.74) is 3.40. The number of nitrogens with zero attached hydrogens (tertiary/aromatic N) is 2. The fourth-order valence-electron chi connectivity index (χ4n) is 3.26. The van der Waals surface area contributed by atoms with Gasteiger partial charge in [-0.25, -0.2) is 4.39 Å². The lowest BCUT2D eigenvalue weighted by molar-refractivity contribution is 0.428. The number of halogens is 2. The van der Waals surface area contributed by atoms with Gasteiger partial charge in [-0.1, -0.05) is 23.7 Å².